The van der Waals surface area contributed by atoms with Gasteiger partial charge in [0.25, 0.3) is 5.91 Å². The van der Waals surface area contributed by atoms with E-state index in [9.17, 15) is 9.59 Å². The highest BCUT2D eigenvalue weighted by atomic mass is 16.2. The molecule has 1 fully saturated rings. The summed E-state index contributed by atoms with van der Waals surface area (Å²) < 4.78 is 0. The highest BCUT2D eigenvalue weighted by molar-refractivity contribution is 5.93. The number of benzene rings is 2. The van der Waals surface area contributed by atoms with Crippen LogP contribution < -0.4 is 5.32 Å². The number of rotatable bonds is 6. The van der Waals surface area contributed by atoms with Crippen LogP contribution in [0, 0.1) is 5.41 Å². The summed E-state index contributed by atoms with van der Waals surface area (Å²) in [5, 5.41) is 3.03. The average Bonchev–Trinajstić information content (AvgIpc) is 2.85. The van der Waals surface area contributed by atoms with Gasteiger partial charge in [-0.1, -0.05) is 60.7 Å². The lowest BCUT2D eigenvalue weighted by Crippen LogP contribution is -2.54. The molecule has 0 saturated carbocycles. The van der Waals surface area contributed by atoms with Gasteiger partial charge in [-0.2, -0.15) is 0 Å². The maximum Gasteiger partial charge on any atom is 0.272 e. The van der Waals surface area contributed by atoms with Crippen LogP contribution in [0.2, 0.25) is 0 Å². The lowest BCUT2D eigenvalue weighted by atomic mass is 9.74. The molecule has 1 atom stereocenters. The van der Waals surface area contributed by atoms with Gasteiger partial charge in [0.15, 0.2) is 0 Å². The van der Waals surface area contributed by atoms with Crippen LogP contribution in [0.5, 0.6) is 0 Å². The first-order valence-electron chi connectivity index (χ1n) is 11.2. The number of piperidine rings is 1. The highest BCUT2D eigenvalue weighted by Gasteiger charge is 2.43. The van der Waals surface area contributed by atoms with E-state index in [1.165, 1.54) is 0 Å². The van der Waals surface area contributed by atoms with Crippen LogP contribution in [0.25, 0.3) is 11.1 Å². The zero-order valence-electron chi connectivity index (χ0n) is 18.5. The molecule has 1 unspecified atom stereocenters. The van der Waals surface area contributed by atoms with Gasteiger partial charge in [-0.3, -0.25) is 14.6 Å². The number of hydrogen-bond acceptors (Lipinski definition) is 3. The summed E-state index contributed by atoms with van der Waals surface area (Å²) in [6, 6.07) is 24.0. The molecule has 1 aromatic heterocycles. The van der Waals surface area contributed by atoms with E-state index < -0.39 is 5.41 Å². The summed E-state index contributed by atoms with van der Waals surface area (Å²) >= 11 is 0. The molecule has 32 heavy (non-hydrogen) atoms. The Bertz CT molecular complexity index is 1070. The van der Waals surface area contributed by atoms with Crippen LogP contribution in [0.1, 0.15) is 35.8 Å². The Balaban J connectivity index is 1.62. The van der Waals surface area contributed by atoms with Gasteiger partial charge in [0.2, 0.25) is 5.91 Å². The van der Waals surface area contributed by atoms with Crippen LogP contribution in [-0.2, 0) is 11.2 Å². The van der Waals surface area contributed by atoms with Crippen molar-refractivity contribution in [1.29, 1.82) is 0 Å². The summed E-state index contributed by atoms with van der Waals surface area (Å²) in [7, 11) is 0. The summed E-state index contributed by atoms with van der Waals surface area (Å²) in [5.41, 5.74) is 3.15. The first-order chi connectivity index (χ1) is 15.6. The molecule has 1 N–H and O–H groups in total. The van der Waals surface area contributed by atoms with Crippen LogP contribution in [0.15, 0.2) is 79.0 Å². The molecule has 3 aromatic rings. The van der Waals surface area contributed by atoms with Crippen LogP contribution in [0.4, 0.5) is 0 Å². The minimum atomic E-state index is -0.659. The van der Waals surface area contributed by atoms with E-state index in [1.807, 2.05) is 37.3 Å². The number of nitrogens with one attached hydrogen (secondary N) is 1. The Hall–Kier alpha value is -3.47. The van der Waals surface area contributed by atoms with Crippen LogP contribution >= 0.6 is 0 Å². The Morgan fingerprint density at radius 1 is 1.00 bits per heavy atom. The van der Waals surface area contributed by atoms with Crippen molar-refractivity contribution in [2.24, 2.45) is 5.41 Å². The molecule has 0 bridgehead atoms. The minimum Gasteiger partial charge on any atom is -0.356 e. The highest BCUT2D eigenvalue weighted by Crippen LogP contribution is 2.35. The SMILES string of the molecule is CCNC(=O)C1(Cc2cccc(-c3ccccc3)c2)CCCN(C(=O)c2ccccn2)C1. The Kier molecular flexibility index (Phi) is 6.64. The number of amides is 2. The normalized spacial score (nSPS) is 18.2. The van der Waals surface area contributed by atoms with E-state index in [-0.39, 0.29) is 11.8 Å². The molecule has 1 aliphatic rings. The average molecular weight is 428 g/mol. The number of nitrogens with zero attached hydrogens (tertiary/aromatic N) is 2. The molecule has 1 aliphatic heterocycles. The lowest BCUT2D eigenvalue weighted by Gasteiger charge is -2.41. The van der Waals surface area contributed by atoms with E-state index in [2.05, 4.69) is 40.6 Å². The third-order valence-corrected chi connectivity index (χ3v) is 6.14. The van der Waals surface area contributed by atoms with E-state index in [4.69, 9.17) is 0 Å². The van der Waals surface area contributed by atoms with Crippen molar-refractivity contribution in [1.82, 2.24) is 15.2 Å². The topological polar surface area (TPSA) is 62.3 Å². The molecule has 0 aliphatic carbocycles. The molecule has 2 heterocycles. The molecule has 164 valence electrons. The molecule has 2 amide bonds. The zero-order valence-corrected chi connectivity index (χ0v) is 18.5. The summed E-state index contributed by atoms with van der Waals surface area (Å²) in [6.07, 6.45) is 3.75. The fourth-order valence-corrected chi connectivity index (χ4v) is 4.60. The summed E-state index contributed by atoms with van der Waals surface area (Å²) in [4.78, 5) is 32.4. The Morgan fingerprint density at radius 3 is 2.53 bits per heavy atom. The maximum atomic E-state index is 13.3. The molecular weight excluding hydrogens is 398 g/mol. The number of hydrogen-bond donors (Lipinski definition) is 1. The second-order valence-electron chi connectivity index (χ2n) is 8.43. The third-order valence-electron chi connectivity index (χ3n) is 6.14. The van der Waals surface area contributed by atoms with Crippen LogP contribution in [-0.4, -0.2) is 41.3 Å². The number of likely N-dealkylation sites (tertiary alicyclic amines) is 1. The second-order valence-corrected chi connectivity index (χ2v) is 8.43. The van der Waals surface area contributed by atoms with E-state index in [1.54, 1.807) is 23.2 Å². The minimum absolute atomic E-state index is 0.0173. The van der Waals surface area contributed by atoms with Crippen molar-refractivity contribution >= 4 is 11.8 Å². The summed E-state index contributed by atoms with van der Waals surface area (Å²) in [5.74, 6) is -0.0966. The largest absolute Gasteiger partial charge is 0.356 e. The van der Waals surface area contributed by atoms with Crippen LogP contribution in [0.3, 0.4) is 0 Å². The van der Waals surface area contributed by atoms with Crippen molar-refractivity contribution in [3.63, 3.8) is 0 Å². The Labute approximate surface area is 189 Å². The van der Waals surface area contributed by atoms with Gasteiger partial charge in [0, 0.05) is 25.8 Å². The predicted octanol–water partition coefficient (Wildman–Crippen LogP) is 4.35. The van der Waals surface area contributed by atoms with Gasteiger partial charge in [0.05, 0.1) is 5.41 Å². The van der Waals surface area contributed by atoms with Gasteiger partial charge >= 0.3 is 0 Å². The fourth-order valence-electron chi connectivity index (χ4n) is 4.60. The standard InChI is InChI=1S/C27H29N3O2/c1-2-28-26(32)27(15-9-17-30(20-27)25(31)24-14-6-7-16-29-24)19-21-10-8-13-23(18-21)22-11-4-3-5-12-22/h3-8,10-14,16,18H,2,9,15,17,19-20H2,1H3,(H,28,32). The van der Waals surface area contributed by atoms with E-state index >= 15 is 0 Å². The molecule has 2 aromatic carbocycles. The maximum absolute atomic E-state index is 13.3. The smallest absolute Gasteiger partial charge is 0.272 e. The van der Waals surface area contributed by atoms with Gasteiger partial charge in [-0.15, -0.1) is 0 Å². The molecule has 0 spiro atoms. The first kappa shape index (κ1) is 21.8. The Morgan fingerprint density at radius 2 is 1.78 bits per heavy atom. The molecule has 4 rings (SSSR count). The van der Waals surface area contributed by atoms with Crippen molar-refractivity contribution < 1.29 is 9.59 Å². The molecule has 5 heteroatoms. The monoisotopic (exact) mass is 427 g/mol. The molecular formula is C27H29N3O2. The van der Waals surface area contributed by atoms with Crippen molar-refractivity contribution in [2.75, 3.05) is 19.6 Å². The third kappa shape index (κ3) is 4.72. The molecule has 0 radical (unpaired) electrons. The van der Waals surface area contributed by atoms with Crippen molar-refractivity contribution in [2.45, 2.75) is 26.2 Å². The van der Waals surface area contributed by atoms with E-state index in [0.29, 0.717) is 31.7 Å². The quantitative estimate of drug-likeness (QED) is 0.636. The van der Waals surface area contributed by atoms with Gasteiger partial charge in [-0.05, 0) is 55.0 Å². The summed E-state index contributed by atoms with van der Waals surface area (Å²) in [6.45, 7) is 3.53. The van der Waals surface area contributed by atoms with Gasteiger partial charge in [0.1, 0.15) is 5.69 Å². The zero-order chi connectivity index (χ0) is 22.4. The van der Waals surface area contributed by atoms with Crippen molar-refractivity contribution in [3.8, 4) is 11.1 Å². The van der Waals surface area contributed by atoms with Gasteiger partial charge in [-0.25, -0.2) is 0 Å². The predicted molar refractivity (Wildman–Crippen MR) is 126 cm³/mol. The number of carbonyl (C=O) groups is 2. The van der Waals surface area contributed by atoms with Crippen molar-refractivity contribution in [3.05, 3.63) is 90.3 Å². The first-order valence-corrected chi connectivity index (χ1v) is 11.2. The second kappa shape index (κ2) is 9.77. The van der Waals surface area contributed by atoms with Gasteiger partial charge < -0.3 is 10.2 Å². The molecule has 5 nitrogen and oxygen atoms in total. The number of pyridine rings is 1. The van der Waals surface area contributed by atoms with E-state index in [0.717, 1.165) is 29.5 Å². The number of aromatic nitrogens is 1. The fraction of sp³-hybridized carbons (Fsp3) is 0.296. The number of carbonyl (C=O) groups excluding carboxylic acids is 2. The molecule has 1 saturated heterocycles. The lowest BCUT2D eigenvalue weighted by molar-refractivity contribution is -0.133.